The number of rotatable bonds is 6. The number of benzene rings is 2. The summed E-state index contributed by atoms with van der Waals surface area (Å²) in [5.74, 6) is 0.857. The molecule has 2 amide bonds. The van der Waals surface area contributed by atoms with E-state index in [4.69, 9.17) is 9.26 Å². The Morgan fingerprint density at radius 3 is 2.70 bits per heavy atom. The molecule has 1 aliphatic rings. The zero-order valence-electron chi connectivity index (χ0n) is 19.3. The molecule has 2 aromatic carbocycles. The van der Waals surface area contributed by atoms with Crippen LogP contribution >= 0.6 is 0 Å². The van der Waals surface area contributed by atoms with Gasteiger partial charge in [-0.3, -0.25) is 9.59 Å². The van der Waals surface area contributed by atoms with E-state index < -0.39 is 0 Å². The van der Waals surface area contributed by atoms with Crippen LogP contribution in [0.4, 0.5) is 0 Å². The average molecular weight is 448 g/mol. The number of hydrogen-bond acceptors (Lipinski definition) is 5. The predicted molar refractivity (Wildman–Crippen MR) is 125 cm³/mol. The van der Waals surface area contributed by atoms with Crippen molar-refractivity contribution in [2.75, 3.05) is 26.7 Å². The minimum Gasteiger partial charge on any atom is -0.497 e. The quantitative estimate of drug-likeness (QED) is 0.624. The molecule has 0 bridgehead atoms. The Kier molecular flexibility index (Phi) is 6.77. The number of methoxy groups -OCH3 is 1. The lowest BCUT2D eigenvalue weighted by atomic mass is 9.91. The maximum Gasteiger partial charge on any atom is 0.259 e. The summed E-state index contributed by atoms with van der Waals surface area (Å²) in [4.78, 5) is 28.0. The smallest absolute Gasteiger partial charge is 0.259 e. The van der Waals surface area contributed by atoms with Gasteiger partial charge in [0.2, 0.25) is 5.91 Å². The van der Waals surface area contributed by atoms with E-state index in [0.717, 1.165) is 22.4 Å². The van der Waals surface area contributed by atoms with Crippen molar-refractivity contribution in [1.29, 1.82) is 0 Å². The molecule has 1 atom stereocenters. The molecule has 1 fully saturated rings. The summed E-state index contributed by atoms with van der Waals surface area (Å²) in [6.07, 6.45) is 1.12. The third-order valence-electron chi connectivity index (χ3n) is 6.13. The monoisotopic (exact) mass is 447 g/mol. The summed E-state index contributed by atoms with van der Waals surface area (Å²) in [5, 5.41) is 6.95. The maximum atomic E-state index is 13.3. The Bertz CT molecular complexity index is 1140. The number of ether oxygens (including phenoxy) is 1. The minimum atomic E-state index is -0.360. The number of aromatic nitrogens is 1. The summed E-state index contributed by atoms with van der Waals surface area (Å²) < 4.78 is 10.6. The van der Waals surface area contributed by atoms with Crippen LogP contribution in [0, 0.1) is 12.8 Å². The minimum absolute atomic E-state index is 0.0346. The molecule has 7 nitrogen and oxygen atoms in total. The molecule has 1 N–H and O–H groups in total. The van der Waals surface area contributed by atoms with Crippen molar-refractivity contribution in [3.05, 3.63) is 71.1 Å². The largest absolute Gasteiger partial charge is 0.497 e. The van der Waals surface area contributed by atoms with Gasteiger partial charge in [-0.15, -0.1) is 0 Å². The molecule has 1 aliphatic heterocycles. The lowest BCUT2D eigenvalue weighted by Gasteiger charge is -2.24. The van der Waals surface area contributed by atoms with Crippen molar-refractivity contribution in [3.8, 4) is 16.9 Å². The van der Waals surface area contributed by atoms with Crippen LogP contribution in [0.2, 0.25) is 0 Å². The van der Waals surface area contributed by atoms with Crippen molar-refractivity contribution < 1.29 is 18.8 Å². The number of amides is 2. The van der Waals surface area contributed by atoms with E-state index in [1.54, 1.807) is 18.9 Å². The fourth-order valence-corrected chi connectivity index (χ4v) is 4.35. The summed E-state index contributed by atoms with van der Waals surface area (Å²) in [6.45, 7) is 4.93. The fourth-order valence-electron chi connectivity index (χ4n) is 4.35. The molecule has 0 spiro atoms. The summed E-state index contributed by atoms with van der Waals surface area (Å²) >= 11 is 0. The van der Waals surface area contributed by atoms with Gasteiger partial charge in [-0.25, -0.2) is 0 Å². The molecule has 0 saturated carbocycles. The first-order valence-electron chi connectivity index (χ1n) is 11.3. The Morgan fingerprint density at radius 1 is 1.21 bits per heavy atom. The predicted octanol–water partition coefficient (Wildman–Crippen LogP) is 3.65. The van der Waals surface area contributed by atoms with E-state index in [9.17, 15) is 9.59 Å². The van der Waals surface area contributed by atoms with Crippen molar-refractivity contribution >= 4 is 11.8 Å². The van der Waals surface area contributed by atoms with Gasteiger partial charge in [0.25, 0.3) is 5.91 Å². The molecular weight excluding hydrogens is 418 g/mol. The number of carbonyl (C=O) groups is 2. The zero-order valence-corrected chi connectivity index (χ0v) is 19.3. The lowest BCUT2D eigenvalue weighted by molar-refractivity contribution is -0.124. The van der Waals surface area contributed by atoms with Crippen LogP contribution in [0.5, 0.6) is 5.75 Å². The first-order valence-corrected chi connectivity index (χ1v) is 11.3. The molecule has 172 valence electrons. The van der Waals surface area contributed by atoms with Gasteiger partial charge in [0, 0.05) is 26.1 Å². The van der Waals surface area contributed by atoms with Gasteiger partial charge >= 0.3 is 0 Å². The van der Waals surface area contributed by atoms with E-state index in [0.29, 0.717) is 49.5 Å². The van der Waals surface area contributed by atoms with Crippen LogP contribution in [0.15, 0.2) is 53.1 Å². The highest BCUT2D eigenvalue weighted by atomic mass is 16.5. The van der Waals surface area contributed by atoms with Gasteiger partial charge < -0.3 is 19.5 Å². The first-order chi connectivity index (χ1) is 16.0. The Labute approximate surface area is 193 Å². The highest BCUT2D eigenvalue weighted by Crippen LogP contribution is 2.28. The summed E-state index contributed by atoms with van der Waals surface area (Å²) in [5.41, 5.74) is 4.29. The second-order valence-electron chi connectivity index (χ2n) is 8.25. The maximum absolute atomic E-state index is 13.3. The lowest BCUT2D eigenvalue weighted by Crippen LogP contribution is -2.37. The number of hydrogen-bond donors (Lipinski definition) is 1. The molecular formula is C26H29N3O4. The molecule has 1 aromatic heterocycles. The Hall–Kier alpha value is -3.61. The standard InChI is InChI=1S/C26H29N3O4/c1-4-23-24(17(2)28-33-23)26(31)29-14-13-27-25(30)20(16-29)15-19-7-5-6-8-22(19)18-9-11-21(32-3)12-10-18/h5-12,20H,4,13-16H2,1-3H3,(H,27,30)/t20-/m0/s1. The first kappa shape index (κ1) is 22.6. The van der Waals surface area contributed by atoms with Gasteiger partial charge in [-0.1, -0.05) is 48.5 Å². The van der Waals surface area contributed by atoms with Crippen LogP contribution in [0.25, 0.3) is 11.1 Å². The molecule has 0 radical (unpaired) electrons. The van der Waals surface area contributed by atoms with Gasteiger partial charge in [0.05, 0.1) is 18.7 Å². The van der Waals surface area contributed by atoms with E-state index in [2.05, 4.69) is 16.5 Å². The van der Waals surface area contributed by atoms with Crippen LogP contribution in [-0.2, 0) is 17.6 Å². The Balaban J connectivity index is 1.59. The fraction of sp³-hybridized carbons (Fsp3) is 0.346. The molecule has 7 heteroatoms. The van der Waals surface area contributed by atoms with Gasteiger partial charge in [0.15, 0.2) is 0 Å². The van der Waals surface area contributed by atoms with E-state index in [1.807, 2.05) is 49.4 Å². The van der Waals surface area contributed by atoms with Crippen molar-refractivity contribution in [3.63, 3.8) is 0 Å². The zero-order chi connectivity index (χ0) is 23.4. The average Bonchev–Trinajstić information content (AvgIpc) is 3.12. The highest BCUT2D eigenvalue weighted by molar-refractivity contribution is 5.96. The second-order valence-corrected chi connectivity index (χ2v) is 8.25. The highest BCUT2D eigenvalue weighted by Gasteiger charge is 2.31. The van der Waals surface area contributed by atoms with Gasteiger partial charge in [-0.2, -0.15) is 0 Å². The van der Waals surface area contributed by atoms with E-state index >= 15 is 0 Å². The van der Waals surface area contributed by atoms with Crippen molar-refractivity contribution in [1.82, 2.24) is 15.4 Å². The molecule has 33 heavy (non-hydrogen) atoms. The van der Waals surface area contributed by atoms with Crippen LogP contribution < -0.4 is 10.1 Å². The topological polar surface area (TPSA) is 84.7 Å². The molecule has 1 saturated heterocycles. The van der Waals surface area contributed by atoms with Gasteiger partial charge in [-0.05, 0) is 42.2 Å². The van der Waals surface area contributed by atoms with Crippen LogP contribution in [-0.4, -0.2) is 48.6 Å². The van der Waals surface area contributed by atoms with Crippen LogP contribution in [0.3, 0.4) is 0 Å². The summed E-state index contributed by atoms with van der Waals surface area (Å²) in [7, 11) is 1.64. The summed E-state index contributed by atoms with van der Waals surface area (Å²) in [6, 6.07) is 16.0. The van der Waals surface area contributed by atoms with E-state index in [-0.39, 0.29) is 17.7 Å². The number of nitrogens with one attached hydrogen (secondary N) is 1. The number of nitrogens with zero attached hydrogens (tertiary/aromatic N) is 2. The SMILES string of the molecule is CCc1onc(C)c1C(=O)N1CCNC(=O)[C@@H](Cc2ccccc2-c2ccc(OC)cc2)C1. The molecule has 4 rings (SSSR count). The second kappa shape index (κ2) is 9.90. The third-order valence-corrected chi connectivity index (χ3v) is 6.13. The molecule has 3 aromatic rings. The molecule has 0 aliphatic carbocycles. The molecule has 2 heterocycles. The normalized spacial score (nSPS) is 16.3. The van der Waals surface area contributed by atoms with Crippen LogP contribution in [0.1, 0.15) is 34.3 Å². The van der Waals surface area contributed by atoms with Gasteiger partial charge in [0.1, 0.15) is 17.1 Å². The Morgan fingerprint density at radius 2 is 1.97 bits per heavy atom. The molecule has 0 unspecified atom stereocenters. The number of carbonyl (C=O) groups excluding carboxylic acids is 2. The van der Waals surface area contributed by atoms with Crippen molar-refractivity contribution in [2.45, 2.75) is 26.7 Å². The third kappa shape index (κ3) is 4.77. The van der Waals surface area contributed by atoms with E-state index in [1.165, 1.54) is 0 Å². The number of aryl methyl sites for hydroxylation is 2. The van der Waals surface area contributed by atoms with Crippen molar-refractivity contribution in [2.24, 2.45) is 5.92 Å².